The predicted molar refractivity (Wildman–Crippen MR) is 78.0 cm³/mol. The first-order chi connectivity index (χ1) is 8.66. The molecule has 0 aliphatic heterocycles. The molecule has 2 N–H and O–H groups in total. The van der Waals surface area contributed by atoms with Gasteiger partial charge in [-0.2, -0.15) is 0 Å². The van der Waals surface area contributed by atoms with Gasteiger partial charge in [0, 0.05) is 30.6 Å². The van der Waals surface area contributed by atoms with E-state index in [-0.39, 0.29) is 5.75 Å². The van der Waals surface area contributed by atoms with Crippen LogP contribution in [0.1, 0.15) is 23.4 Å². The summed E-state index contributed by atoms with van der Waals surface area (Å²) >= 11 is 5.00. The Bertz CT molecular complexity index is 502. The van der Waals surface area contributed by atoms with Crippen LogP contribution in [0.3, 0.4) is 0 Å². The van der Waals surface area contributed by atoms with Crippen molar-refractivity contribution >= 4 is 27.3 Å². The van der Waals surface area contributed by atoms with E-state index in [1.165, 1.54) is 0 Å². The zero-order chi connectivity index (χ0) is 13.0. The van der Waals surface area contributed by atoms with Crippen LogP contribution >= 0.6 is 27.3 Å². The second kappa shape index (κ2) is 6.31. The highest BCUT2D eigenvalue weighted by Crippen LogP contribution is 2.24. The number of nitrogens with zero attached hydrogens (tertiary/aromatic N) is 1. The van der Waals surface area contributed by atoms with Crippen LogP contribution in [0.25, 0.3) is 0 Å². The van der Waals surface area contributed by atoms with Gasteiger partial charge in [-0.05, 0) is 33.6 Å². The second-order valence-corrected chi connectivity index (χ2v) is 5.97. The molecule has 0 aliphatic rings. The molecule has 5 heteroatoms. The van der Waals surface area contributed by atoms with Gasteiger partial charge >= 0.3 is 0 Å². The maximum absolute atomic E-state index is 9.41. The van der Waals surface area contributed by atoms with Gasteiger partial charge in [0.15, 0.2) is 0 Å². The molecule has 18 heavy (non-hydrogen) atoms. The van der Waals surface area contributed by atoms with E-state index in [0.717, 1.165) is 28.1 Å². The Balaban J connectivity index is 1.83. The van der Waals surface area contributed by atoms with Gasteiger partial charge in [0.2, 0.25) is 0 Å². The van der Waals surface area contributed by atoms with Crippen molar-refractivity contribution in [2.45, 2.75) is 19.4 Å². The number of halogens is 1. The van der Waals surface area contributed by atoms with Crippen LogP contribution < -0.4 is 5.32 Å². The molecule has 0 amide bonds. The van der Waals surface area contributed by atoms with Crippen molar-refractivity contribution in [3.63, 3.8) is 0 Å². The summed E-state index contributed by atoms with van der Waals surface area (Å²) in [5, 5.41) is 16.0. The van der Waals surface area contributed by atoms with Crippen LogP contribution in [0, 0.1) is 0 Å². The fourth-order valence-electron chi connectivity index (χ4n) is 1.66. The Morgan fingerprint density at radius 1 is 1.50 bits per heavy atom. The summed E-state index contributed by atoms with van der Waals surface area (Å²) in [7, 11) is 0. The van der Waals surface area contributed by atoms with Crippen LogP contribution in [0.15, 0.2) is 34.2 Å². The smallest absolute Gasteiger partial charge is 0.129 e. The lowest BCUT2D eigenvalue weighted by Crippen LogP contribution is -2.19. The minimum absolute atomic E-state index is 0.273. The normalized spacial score (nSPS) is 12.6. The van der Waals surface area contributed by atoms with E-state index in [1.807, 2.05) is 23.7 Å². The molecule has 0 fully saturated rings. The summed E-state index contributed by atoms with van der Waals surface area (Å²) in [6.07, 6.45) is 1.84. The van der Waals surface area contributed by atoms with Gasteiger partial charge < -0.3 is 10.4 Å². The number of phenolic OH excluding ortho intramolecular Hbond substituents is 1. The molecule has 2 rings (SSSR count). The minimum atomic E-state index is 0.273. The average molecular weight is 327 g/mol. The monoisotopic (exact) mass is 326 g/mol. The van der Waals surface area contributed by atoms with E-state index >= 15 is 0 Å². The first-order valence-electron chi connectivity index (χ1n) is 5.74. The van der Waals surface area contributed by atoms with E-state index in [0.29, 0.717) is 5.92 Å². The molecular weight excluding hydrogens is 312 g/mol. The van der Waals surface area contributed by atoms with Crippen LogP contribution in [0.4, 0.5) is 0 Å². The van der Waals surface area contributed by atoms with Crippen molar-refractivity contribution in [2.75, 3.05) is 6.54 Å². The average Bonchev–Trinajstić information content (AvgIpc) is 2.87. The topological polar surface area (TPSA) is 45.1 Å². The molecule has 1 aromatic carbocycles. The highest BCUT2D eigenvalue weighted by Gasteiger charge is 2.07. The minimum Gasteiger partial charge on any atom is -0.507 e. The Kier molecular flexibility index (Phi) is 4.74. The Labute approximate surface area is 119 Å². The van der Waals surface area contributed by atoms with E-state index in [9.17, 15) is 5.11 Å². The van der Waals surface area contributed by atoms with E-state index < -0.39 is 0 Å². The SMILES string of the molecule is CC(CNCc1ccc(O)c(Br)c1)c1nccs1. The number of hydrogen-bond donors (Lipinski definition) is 2. The van der Waals surface area contributed by atoms with Gasteiger partial charge in [-0.15, -0.1) is 11.3 Å². The van der Waals surface area contributed by atoms with Crippen LogP contribution in [-0.2, 0) is 6.54 Å². The van der Waals surface area contributed by atoms with Crippen molar-refractivity contribution in [3.05, 3.63) is 44.8 Å². The molecule has 0 radical (unpaired) electrons. The number of thiazole rings is 1. The molecule has 0 bridgehead atoms. The third-order valence-corrected chi connectivity index (χ3v) is 4.31. The quantitative estimate of drug-likeness (QED) is 0.883. The summed E-state index contributed by atoms with van der Waals surface area (Å²) in [4.78, 5) is 4.31. The second-order valence-electron chi connectivity index (χ2n) is 4.19. The van der Waals surface area contributed by atoms with E-state index in [2.05, 4.69) is 33.2 Å². The third kappa shape index (κ3) is 3.54. The Hall–Kier alpha value is -0.910. The highest BCUT2D eigenvalue weighted by atomic mass is 79.9. The number of aromatic hydroxyl groups is 1. The number of aromatic nitrogens is 1. The van der Waals surface area contributed by atoms with Gasteiger partial charge in [-0.3, -0.25) is 0 Å². The molecule has 3 nitrogen and oxygen atoms in total. The first kappa shape index (κ1) is 13.5. The molecular formula is C13H15BrN2OS. The molecule has 0 spiro atoms. The lowest BCUT2D eigenvalue weighted by atomic mass is 10.2. The lowest BCUT2D eigenvalue weighted by molar-refractivity contribution is 0.471. The van der Waals surface area contributed by atoms with Gasteiger partial charge in [-0.1, -0.05) is 13.0 Å². The largest absolute Gasteiger partial charge is 0.507 e. The fourth-order valence-corrected chi connectivity index (χ4v) is 2.78. The van der Waals surface area contributed by atoms with E-state index in [4.69, 9.17) is 0 Å². The summed E-state index contributed by atoms with van der Waals surface area (Å²) in [6, 6.07) is 5.54. The molecule has 1 heterocycles. The van der Waals surface area contributed by atoms with Crippen molar-refractivity contribution in [1.82, 2.24) is 10.3 Å². The molecule has 96 valence electrons. The number of rotatable bonds is 5. The van der Waals surface area contributed by atoms with Gasteiger partial charge in [-0.25, -0.2) is 4.98 Å². The lowest BCUT2D eigenvalue weighted by Gasteiger charge is -2.10. The van der Waals surface area contributed by atoms with Crippen LogP contribution in [0.5, 0.6) is 5.75 Å². The molecule has 2 aromatic rings. The van der Waals surface area contributed by atoms with Crippen LogP contribution in [-0.4, -0.2) is 16.6 Å². The Morgan fingerprint density at radius 3 is 3.00 bits per heavy atom. The summed E-state index contributed by atoms with van der Waals surface area (Å²) in [5.74, 6) is 0.695. The maximum Gasteiger partial charge on any atom is 0.129 e. The van der Waals surface area contributed by atoms with E-state index in [1.54, 1.807) is 17.4 Å². The molecule has 1 atom stereocenters. The summed E-state index contributed by atoms with van der Waals surface area (Å²) < 4.78 is 0.731. The number of benzene rings is 1. The Morgan fingerprint density at radius 2 is 2.33 bits per heavy atom. The van der Waals surface area contributed by atoms with Crippen molar-refractivity contribution in [1.29, 1.82) is 0 Å². The fraction of sp³-hybridized carbons (Fsp3) is 0.308. The standard InChI is InChI=1S/C13H15BrN2OS/c1-9(13-16-4-5-18-13)7-15-8-10-2-3-12(17)11(14)6-10/h2-6,9,15,17H,7-8H2,1H3. The van der Waals surface area contributed by atoms with Crippen LogP contribution in [0.2, 0.25) is 0 Å². The third-order valence-electron chi connectivity index (χ3n) is 2.66. The van der Waals surface area contributed by atoms with Crippen molar-refractivity contribution < 1.29 is 5.11 Å². The van der Waals surface area contributed by atoms with Gasteiger partial charge in [0.05, 0.1) is 9.48 Å². The molecule has 1 unspecified atom stereocenters. The first-order valence-corrected chi connectivity index (χ1v) is 7.41. The van der Waals surface area contributed by atoms with Gasteiger partial charge in [0.25, 0.3) is 0 Å². The molecule has 0 aliphatic carbocycles. The summed E-state index contributed by atoms with van der Waals surface area (Å²) in [5.41, 5.74) is 1.14. The highest BCUT2D eigenvalue weighted by molar-refractivity contribution is 9.10. The zero-order valence-electron chi connectivity index (χ0n) is 10.1. The number of nitrogens with one attached hydrogen (secondary N) is 1. The maximum atomic E-state index is 9.41. The van der Waals surface area contributed by atoms with Crippen molar-refractivity contribution in [3.8, 4) is 5.75 Å². The van der Waals surface area contributed by atoms with Crippen molar-refractivity contribution in [2.24, 2.45) is 0 Å². The predicted octanol–water partition coefficient (Wildman–Crippen LogP) is 3.50. The molecule has 0 saturated heterocycles. The van der Waals surface area contributed by atoms with Gasteiger partial charge in [0.1, 0.15) is 5.75 Å². The molecule has 0 saturated carbocycles. The zero-order valence-corrected chi connectivity index (χ0v) is 12.5. The molecule has 1 aromatic heterocycles. The summed E-state index contributed by atoms with van der Waals surface area (Å²) in [6.45, 7) is 3.85. The number of phenols is 1. The number of hydrogen-bond acceptors (Lipinski definition) is 4.